The number of para-hydroxylation sites is 2. The van der Waals surface area contributed by atoms with Crippen molar-refractivity contribution in [3.8, 4) is 5.75 Å². The number of benzene rings is 2. The zero-order valence-corrected chi connectivity index (χ0v) is 14.1. The van der Waals surface area contributed by atoms with Gasteiger partial charge in [0, 0.05) is 0 Å². The van der Waals surface area contributed by atoms with Crippen molar-refractivity contribution in [3.63, 3.8) is 0 Å². The number of anilines is 1. The standard InChI is InChI=1S/C18H15F2NO6/c1-25-16(23)11-6-2-4-8-13(11)21-15(22)10-26-17(24)12-7-3-5-9-14(12)27-18(19)20/h2-9,18H,10H2,1H3,(H,21,22). The van der Waals surface area contributed by atoms with Crippen LogP contribution in [0.2, 0.25) is 0 Å². The number of hydrogen-bond acceptors (Lipinski definition) is 6. The minimum absolute atomic E-state index is 0.121. The molecule has 2 aromatic carbocycles. The van der Waals surface area contributed by atoms with Gasteiger partial charge in [-0.25, -0.2) is 9.59 Å². The van der Waals surface area contributed by atoms with E-state index in [9.17, 15) is 23.2 Å². The third-order valence-electron chi connectivity index (χ3n) is 3.26. The fourth-order valence-electron chi connectivity index (χ4n) is 2.11. The van der Waals surface area contributed by atoms with Crippen LogP contribution in [0.5, 0.6) is 5.75 Å². The third-order valence-corrected chi connectivity index (χ3v) is 3.26. The Morgan fingerprint density at radius 3 is 2.26 bits per heavy atom. The number of carbonyl (C=O) groups is 3. The number of halogens is 2. The molecule has 0 fully saturated rings. The lowest BCUT2D eigenvalue weighted by Gasteiger charge is -2.11. The highest BCUT2D eigenvalue weighted by atomic mass is 19.3. The minimum atomic E-state index is -3.11. The summed E-state index contributed by atoms with van der Waals surface area (Å²) >= 11 is 0. The molecule has 9 heteroatoms. The maximum atomic E-state index is 12.4. The predicted molar refractivity (Wildman–Crippen MR) is 89.8 cm³/mol. The molecule has 0 bridgehead atoms. The van der Waals surface area contributed by atoms with Crippen molar-refractivity contribution in [3.05, 3.63) is 59.7 Å². The Hall–Kier alpha value is -3.49. The molecule has 0 aliphatic rings. The van der Waals surface area contributed by atoms with E-state index in [1.807, 2.05) is 0 Å². The Balaban J connectivity index is 2.01. The van der Waals surface area contributed by atoms with Crippen LogP contribution >= 0.6 is 0 Å². The van der Waals surface area contributed by atoms with Gasteiger partial charge >= 0.3 is 18.6 Å². The van der Waals surface area contributed by atoms with Crippen LogP contribution in [0.4, 0.5) is 14.5 Å². The van der Waals surface area contributed by atoms with E-state index in [2.05, 4.69) is 14.8 Å². The van der Waals surface area contributed by atoms with E-state index >= 15 is 0 Å². The molecule has 0 heterocycles. The molecule has 1 amide bonds. The van der Waals surface area contributed by atoms with E-state index in [1.165, 1.54) is 43.5 Å². The van der Waals surface area contributed by atoms with Crippen LogP contribution in [0.1, 0.15) is 20.7 Å². The van der Waals surface area contributed by atoms with Crippen LogP contribution in [0.25, 0.3) is 0 Å². The van der Waals surface area contributed by atoms with Gasteiger partial charge in [-0.15, -0.1) is 0 Å². The zero-order chi connectivity index (χ0) is 19.8. The van der Waals surface area contributed by atoms with Gasteiger partial charge in [0.2, 0.25) is 0 Å². The molecule has 0 spiro atoms. The van der Waals surface area contributed by atoms with Crippen molar-refractivity contribution >= 4 is 23.5 Å². The van der Waals surface area contributed by atoms with E-state index in [0.717, 1.165) is 0 Å². The number of rotatable bonds is 7. The predicted octanol–water partition coefficient (Wildman–Crippen LogP) is 2.87. The number of carbonyl (C=O) groups excluding carboxylic acids is 3. The van der Waals surface area contributed by atoms with Gasteiger partial charge in [0.05, 0.1) is 18.4 Å². The average molecular weight is 379 g/mol. The Morgan fingerprint density at radius 2 is 1.59 bits per heavy atom. The number of esters is 2. The molecular formula is C18H15F2NO6. The second-order valence-electron chi connectivity index (χ2n) is 5.04. The van der Waals surface area contributed by atoms with E-state index < -0.39 is 31.1 Å². The lowest BCUT2D eigenvalue weighted by atomic mass is 10.2. The van der Waals surface area contributed by atoms with Crippen LogP contribution in [-0.2, 0) is 14.3 Å². The monoisotopic (exact) mass is 379 g/mol. The number of amides is 1. The lowest BCUT2D eigenvalue weighted by Crippen LogP contribution is -2.22. The topological polar surface area (TPSA) is 90.9 Å². The zero-order valence-electron chi connectivity index (χ0n) is 14.1. The maximum Gasteiger partial charge on any atom is 0.387 e. The number of ether oxygens (including phenoxy) is 3. The Bertz CT molecular complexity index is 840. The summed E-state index contributed by atoms with van der Waals surface area (Å²) in [5.74, 6) is -2.76. The average Bonchev–Trinajstić information content (AvgIpc) is 2.66. The van der Waals surface area contributed by atoms with Crippen LogP contribution in [0.15, 0.2) is 48.5 Å². The molecule has 0 atom stereocenters. The maximum absolute atomic E-state index is 12.4. The highest BCUT2D eigenvalue weighted by Crippen LogP contribution is 2.21. The minimum Gasteiger partial charge on any atom is -0.465 e. The van der Waals surface area contributed by atoms with Gasteiger partial charge in [0.1, 0.15) is 11.3 Å². The van der Waals surface area contributed by atoms with Crippen LogP contribution in [0.3, 0.4) is 0 Å². The molecule has 0 saturated heterocycles. The Labute approximate surface area is 152 Å². The number of hydrogen-bond donors (Lipinski definition) is 1. The first kappa shape index (κ1) is 19.8. The van der Waals surface area contributed by atoms with Gasteiger partial charge < -0.3 is 19.5 Å². The van der Waals surface area contributed by atoms with Crippen molar-refractivity contribution in [2.45, 2.75) is 6.61 Å². The third kappa shape index (κ3) is 5.50. The molecular weight excluding hydrogens is 364 g/mol. The summed E-state index contributed by atoms with van der Waals surface area (Å²) in [5.41, 5.74) is 0.0442. The van der Waals surface area contributed by atoms with Crippen LogP contribution in [0, 0.1) is 0 Å². The lowest BCUT2D eigenvalue weighted by molar-refractivity contribution is -0.119. The summed E-state index contributed by atoms with van der Waals surface area (Å²) in [5, 5.41) is 2.41. The van der Waals surface area contributed by atoms with Crippen molar-refractivity contribution in [1.82, 2.24) is 0 Å². The van der Waals surface area contributed by atoms with E-state index in [0.29, 0.717) is 0 Å². The Morgan fingerprint density at radius 1 is 0.963 bits per heavy atom. The smallest absolute Gasteiger partial charge is 0.387 e. The first-order chi connectivity index (χ1) is 12.9. The molecule has 2 rings (SSSR count). The van der Waals surface area contributed by atoms with E-state index in [4.69, 9.17) is 4.74 Å². The second kappa shape index (κ2) is 9.27. The quantitative estimate of drug-likeness (QED) is 0.744. The molecule has 1 N–H and O–H groups in total. The molecule has 0 aliphatic heterocycles. The van der Waals surface area contributed by atoms with Crippen molar-refractivity contribution < 1.29 is 37.4 Å². The van der Waals surface area contributed by atoms with Gasteiger partial charge in [-0.2, -0.15) is 8.78 Å². The van der Waals surface area contributed by atoms with Crippen molar-refractivity contribution in [2.75, 3.05) is 19.0 Å². The first-order valence-corrected chi connectivity index (χ1v) is 7.60. The van der Waals surface area contributed by atoms with E-state index in [1.54, 1.807) is 12.1 Å². The largest absolute Gasteiger partial charge is 0.465 e. The molecule has 0 aromatic heterocycles. The molecule has 0 aliphatic carbocycles. The van der Waals surface area contributed by atoms with Gasteiger partial charge in [-0.05, 0) is 24.3 Å². The van der Waals surface area contributed by atoms with Crippen LogP contribution < -0.4 is 10.1 Å². The molecule has 142 valence electrons. The van der Waals surface area contributed by atoms with Crippen molar-refractivity contribution in [1.29, 1.82) is 0 Å². The Kier molecular flexibility index (Phi) is 6.81. The normalized spacial score (nSPS) is 10.2. The fraction of sp³-hybridized carbons (Fsp3) is 0.167. The fourth-order valence-corrected chi connectivity index (χ4v) is 2.11. The molecule has 0 unspecified atom stereocenters. The van der Waals surface area contributed by atoms with Crippen molar-refractivity contribution in [2.24, 2.45) is 0 Å². The number of methoxy groups -OCH3 is 1. The molecule has 27 heavy (non-hydrogen) atoms. The molecule has 7 nitrogen and oxygen atoms in total. The summed E-state index contributed by atoms with van der Waals surface area (Å²) in [6.45, 7) is -3.81. The van der Waals surface area contributed by atoms with Gasteiger partial charge in [0.25, 0.3) is 5.91 Å². The van der Waals surface area contributed by atoms with Gasteiger partial charge in [-0.3, -0.25) is 4.79 Å². The van der Waals surface area contributed by atoms with Gasteiger partial charge in [-0.1, -0.05) is 24.3 Å². The van der Waals surface area contributed by atoms with E-state index in [-0.39, 0.29) is 22.6 Å². The highest BCUT2D eigenvalue weighted by Gasteiger charge is 2.18. The molecule has 0 radical (unpaired) electrons. The summed E-state index contributed by atoms with van der Waals surface area (Å²) in [6, 6.07) is 11.3. The highest BCUT2D eigenvalue weighted by molar-refractivity contribution is 6.02. The van der Waals surface area contributed by atoms with Crippen LogP contribution in [-0.4, -0.2) is 38.2 Å². The molecule has 0 saturated carbocycles. The SMILES string of the molecule is COC(=O)c1ccccc1NC(=O)COC(=O)c1ccccc1OC(F)F. The first-order valence-electron chi connectivity index (χ1n) is 7.60. The summed E-state index contributed by atoms with van der Waals surface area (Å²) in [6.07, 6.45) is 0. The summed E-state index contributed by atoms with van der Waals surface area (Å²) < 4.78 is 38.4. The number of alkyl halides is 2. The summed E-state index contributed by atoms with van der Waals surface area (Å²) in [4.78, 5) is 35.7. The number of nitrogens with one attached hydrogen (secondary N) is 1. The van der Waals surface area contributed by atoms with Gasteiger partial charge in [0.15, 0.2) is 6.61 Å². The summed E-state index contributed by atoms with van der Waals surface area (Å²) in [7, 11) is 1.20. The molecule has 2 aromatic rings. The second-order valence-corrected chi connectivity index (χ2v) is 5.04.